The van der Waals surface area contributed by atoms with Gasteiger partial charge in [-0.15, -0.1) is 0 Å². The molecule has 23 heavy (non-hydrogen) atoms. The zero-order chi connectivity index (χ0) is 15.8. The molecule has 1 saturated carbocycles. The Kier molecular flexibility index (Phi) is 3.62. The van der Waals surface area contributed by atoms with Crippen molar-refractivity contribution in [2.45, 2.75) is 12.3 Å². The van der Waals surface area contributed by atoms with Crippen molar-refractivity contribution in [3.8, 4) is 11.5 Å². The van der Waals surface area contributed by atoms with Crippen LogP contribution in [0.25, 0.3) is 0 Å². The number of rotatable bonds is 3. The molecule has 0 radical (unpaired) electrons. The molecule has 4 rings (SSSR count). The van der Waals surface area contributed by atoms with E-state index in [0.29, 0.717) is 18.2 Å². The number of nitrogens with one attached hydrogen (secondary N) is 1. The molecule has 1 N–H and O–H groups in total. The van der Waals surface area contributed by atoms with Crippen molar-refractivity contribution in [1.29, 1.82) is 0 Å². The molecule has 2 aromatic rings. The molecule has 0 aromatic heterocycles. The van der Waals surface area contributed by atoms with Crippen molar-refractivity contribution in [2.24, 2.45) is 5.92 Å². The Morgan fingerprint density at radius 2 is 1.91 bits per heavy atom. The number of halogens is 1. The third-order valence-electron chi connectivity index (χ3n) is 4.21. The van der Waals surface area contributed by atoms with Crippen LogP contribution in [0.15, 0.2) is 42.5 Å². The van der Waals surface area contributed by atoms with Crippen LogP contribution in [0.3, 0.4) is 0 Å². The number of fused-ring (bicyclic) bond motifs is 1. The average Bonchev–Trinajstić information content (AvgIpc) is 3.35. The van der Waals surface area contributed by atoms with Crippen LogP contribution in [-0.4, -0.2) is 19.1 Å². The Hall–Kier alpha value is -2.20. The second kappa shape index (κ2) is 5.78. The summed E-state index contributed by atoms with van der Waals surface area (Å²) < 4.78 is 11.1. The summed E-state index contributed by atoms with van der Waals surface area (Å²) in [5.74, 6) is 1.82. The molecule has 1 heterocycles. The Bertz CT molecular complexity index is 762. The fourth-order valence-corrected chi connectivity index (χ4v) is 3.14. The SMILES string of the molecule is O=C(Nc1cccc(Cl)c1)[C@@H]1C[C@@H]1c1ccc2c(c1)OCCO2. The number of anilines is 1. The molecule has 5 heteroatoms. The highest BCUT2D eigenvalue weighted by molar-refractivity contribution is 6.30. The minimum absolute atomic E-state index is 0.00320. The van der Waals surface area contributed by atoms with Gasteiger partial charge in [0.2, 0.25) is 5.91 Å². The molecular weight excluding hydrogens is 314 g/mol. The third kappa shape index (κ3) is 2.99. The van der Waals surface area contributed by atoms with E-state index in [9.17, 15) is 4.79 Å². The summed E-state index contributed by atoms with van der Waals surface area (Å²) in [4.78, 5) is 12.3. The van der Waals surface area contributed by atoms with E-state index in [4.69, 9.17) is 21.1 Å². The van der Waals surface area contributed by atoms with Crippen molar-refractivity contribution >= 4 is 23.2 Å². The Morgan fingerprint density at radius 1 is 1.09 bits per heavy atom. The number of benzene rings is 2. The van der Waals surface area contributed by atoms with Crippen molar-refractivity contribution in [3.63, 3.8) is 0 Å². The largest absolute Gasteiger partial charge is 0.486 e. The van der Waals surface area contributed by atoms with E-state index in [2.05, 4.69) is 5.32 Å². The van der Waals surface area contributed by atoms with Gasteiger partial charge in [-0.25, -0.2) is 0 Å². The van der Waals surface area contributed by atoms with Gasteiger partial charge in [0.25, 0.3) is 0 Å². The zero-order valence-corrected chi connectivity index (χ0v) is 13.2. The molecule has 1 aliphatic heterocycles. The molecule has 0 bridgehead atoms. The molecule has 0 spiro atoms. The Morgan fingerprint density at radius 3 is 2.74 bits per heavy atom. The normalized spacial score (nSPS) is 21.6. The minimum Gasteiger partial charge on any atom is -0.486 e. The van der Waals surface area contributed by atoms with Crippen LogP contribution < -0.4 is 14.8 Å². The first-order valence-electron chi connectivity index (χ1n) is 7.67. The van der Waals surface area contributed by atoms with Gasteiger partial charge in [0.15, 0.2) is 11.5 Å². The minimum atomic E-state index is -0.00320. The van der Waals surface area contributed by atoms with Crippen molar-refractivity contribution in [1.82, 2.24) is 0 Å². The monoisotopic (exact) mass is 329 g/mol. The first-order valence-corrected chi connectivity index (χ1v) is 8.04. The summed E-state index contributed by atoms with van der Waals surface area (Å²) in [5.41, 5.74) is 1.86. The molecule has 0 saturated heterocycles. The maximum Gasteiger partial charge on any atom is 0.228 e. The Labute approximate surface area is 139 Å². The van der Waals surface area contributed by atoms with Gasteiger partial charge in [-0.3, -0.25) is 4.79 Å². The fourth-order valence-electron chi connectivity index (χ4n) is 2.94. The highest BCUT2D eigenvalue weighted by Gasteiger charge is 2.44. The topological polar surface area (TPSA) is 47.6 Å². The van der Waals surface area contributed by atoms with Crippen molar-refractivity contribution in [3.05, 3.63) is 53.1 Å². The summed E-state index contributed by atoms with van der Waals surface area (Å²) in [7, 11) is 0. The van der Waals surface area contributed by atoms with E-state index in [0.717, 1.165) is 29.2 Å². The van der Waals surface area contributed by atoms with E-state index in [-0.39, 0.29) is 17.7 Å². The maximum absolute atomic E-state index is 12.3. The highest BCUT2D eigenvalue weighted by atomic mass is 35.5. The predicted octanol–water partition coefficient (Wildman–Crippen LogP) is 3.85. The van der Waals surface area contributed by atoms with Crippen LogP contribution in [0.2, 0.25) is 5.02 Å². The maximum atomic E-state index is 12.3. The number of hydrogen-bond acceptors (Lipinski definition) is 3. The number of amides is 1. The quantitative estimate of drug-likeness (QED) is 0.930. The summed E-state index contributed by atoms with van der Waals surface area (Å²) in [6.45, 7) is 1.15. The van der Waals surface area contributed by atoms with Crippen molar-refractivity contribution < 1.29 is 14.3 Å². The van der Waals surface area contributed by atoms with Crippen LogP contribution in [0.4, 0.5) is 5.69 Å². The smallest absolute Gasteiger partial charge is 0.228 e. The van der Waals surface area contributed by atoms with E-state index >= 15 is 0 Å². The first-order chi connectivity index (χ1) is 11.2. The lowest BCUT2D eigenvalue weighted by molar-refractivity contribution is -0.117. The third-order valence-corrected chi connectivity index (χ3v) is 4.45. The van der Waals surface area contributed by atoms with Gasteiger partial charge in [0, 0.05) is 16.6 Å². The number of carbonyl (C=O) groups excluding carboxylic acids is 1. The van der Waals surface area contributed by atoms with Gasteiger partial charge in [-0.2, -0.15) is 0 Å². The summed E-state index contributed by atoms with van der Waals surface area (Å²) in [6, 6.07) is 13.1. The predicted molar refractivity (Wildman–Crippen MR) is 88.4 cm³/mol. The fraction of sp³-hybridized carbons (Fsp3) is 0.278. The van der Waals surface area contributed by atoms with Gasteiger partial charge in [0.1, 0.15) is 13.2 Å². The summed E-state index contributed by atoms with van der Waals surface area (Å²) in [6.07, 6.45) is 0.853. The summed E-state index contributed by atoms with van der Waals surface area (Å²) in [5, 5.41) is 3.54. The second-order valence-corrected chi connectivity index (χ2v) is 6.29. The lowest BCUT2D eigenvalue weighted by atomic mass is 10.1. The molecule has 2 atom stereocenters. The molecule has 118 valence electrons. The van der Waals surface area contributed by atoms with Gasteiger partial charge in [-0.05, 0) is 48.2 Å². The lowest BCUT2D eigenvalue weighted by Crippen LogP contribution is -2.16. The van der Waals surface area contributed by atoms with Gasteiger partial charge in [-0.1, -0.05) is 23.7 Å². The van der Waals surface area contributed by atoms with Gasteiger partial charge < -0.3 is 14.8 Å². The van der Waals surface area contributed by atoms with Crippen LogP contribution in [0.5, 0.6) is 11.5 Å². The first kappa shape index (κ1) is 14.4. The van der Waals surface area contributed by atoms with Gasteiger partial charge >= 0.3 is 0 Å². The van der Waals surface area contributed by atoms with Crippen LogP contribution in [0.1, 0.15) is 17.9 Å². The second-order valence-electron chi connectivity index (χ2n) is 5.85. The molecule has 1 fully saturated rings. The number of ether oxygens (including phenoxy) is 2. The average molecular weight is 330 g/mol. The number of hydrogen-bond donors (Lipinski definition) is 1. The lowest BCUT2D eigenvalue weighted by Gasteiger charge is -2.18. The molecule has 1 aliphatic carbocycles. The summed E-state index contributed by atoms with van der Waals surface area (Å²) >= 11 is 5.94. The van der Waals surface area contributed by atoms with E-state index in [1.165, 1.54) is 0 Å². The molecular formula is C18H16ClNO3. The highest BCUT2D eigenvalue weighted by Crippen LogP contribution is 2.49. The molecule has 2 aliphatic rings. The van der Waals surface area contributed by atoms with Crippen LogP contribution >= 0.6 is 11.6 Å². The van der Waals surface area contributed by atoms with E-state index in [1.807, 2.05) is 30.3 Å². The zero-order valence-electron chi connectivity index (χ0n) is 12.4. The standard InChI is InChI=1S/C18H16ClNO3/c19-12-2-1-3-13(9-12)20-18(21)15-10-14(15)11-4-5-16-17(8-11)23-7-6-22-16/h1-5,8-9,14-15H,6-7,10H2,(H,20,21)/t14-,15-/m1/s1. The molecule has 0 unspecified atom stereocenters. The van der Waals surface area contributed by atoms with Crippen LogP contribution in [-0.2, 0) is 4.79 Å². The van der Waals surface area contributed by atoms with Crippen molar-refractivity contribution in [2.75, 3.05) is 18.5 Å². The molecule has 4 nitrogen and oxygen atoms in total. The van der Waals surface area contributed by atoms with E-state index in [1.54, 1.807) is 12.1 Å². The Balaban J connectivity index is 1.44. The number of carbonyl (C=O) groups is 1. The van der Waals surface area contributed by atoms with E-state index < -0.39 is 0 Å². The molecule has 1 amide bonds. The van der Waals surface area contributed by atoms with Crippen LogP contribution in [0, 0.1) is 5.92 Å². The van der Waals surface area contributed by atoms with Gasteiger partial charge in [0.05, 0.1) is 0 Å². The molecule has 2 aromatic carbocycles.